The summed E-state index contributed by atoms with van der Waals surface area (Å²) < 4.78 is 27.2. The van der Waals surface area contributed by atoms with Crippen molar-refractivity contribution in [3.63, 3.8) is 0 Å². The Labute approximate surface area is 502 Å². The number of hydrogen-bond donors (Lipinski definition) is 0. The Morgan fingerprint density at radius 2 is 0.741 bits per heavy atom. The average molecular weight is 1130 g/mol. The molecule has 8 aromatic rings. The highest BCUT2D eigenvalue weighted by molar-refractivity contribution is 5.98. The minimum atomic E-state index is -1.19. The Bertz CT molecular complexity index is 3590. The number of carbonyl (C=O) groups is 2. The van der Waals surface area contributed by atoms with Crippen molar-refractivity contribution in [1.82, 2.24) is 0 Å². The van der Waals surface area contributed by atoms with E-state index in [0.29, 0.717) is 34.1 Å². The zero-order valence-corrected chi connectivity index (χ0v) is 51.2. The number of aryl methyl sites for hydroxylation is 2. The highest BCUT2D eigenvalue weighted by Gasteiger charge is 2.55. The Kier molecular flexibility index (Phi) is 15.3. The number of rotatable bonds is 20. The van der Waals surface area contributed by atoms with Gasteiger partial charge in [-0.2, -0.15) is 0 Å². The van der Waals surface area contributed by atoms with Crippen molar-refractivity contribution in [2.24, 2.45) is 0 Å². The molecule has 10 heteroatoms. The monoisotopic (exact) mass is 1130 g/mol. The maximum absolute atomic E-state index is 13.9. The highest BCUT2D eigenvalue weighted by Crippen LogP contribution is 2.60. The first-order valence-corrected chi connectivity index (χ1v) is 31.0. The van der Waals surface area contributed by atoms with Crippen LogP contribution in [0.5, 0.6) is 23.0 Å². The summed E-state index contributed by atoms with van der Waals surface area (Å²) in [5, 5.41) is 0. The van der Waals surface area contributed by atoms with Crippen LogP contribution >= 0.6 is 0 Å². The van der Waals surface area contributed by atoms with Crippen LogP contribution in [0.25, 0.3) is 0 Å². The molecule has 0 aromatic heterocycles. The van der Waals surface area contributed by atoms with Gasteiger partial charge in [0.15, 0.2) is 11.2 Å². The van der Waals surface area contributed by atoms with Crippen LogP contribution in [-0.2, 0) is 26.1 Å². The summed E-state index contributed by atoms with van der Waals surface area (Å²) in [6.45, 7) is 21.6. The van der Waals surface area contributed by atoms with Crippen molar-refractivity contribution in [2.75, 3.05) is 59.9 Å². The standard InChI is InChI=1S/C75H80N4O6/c1-11-15-39-78(40-16-12-2)55-35-37-61-69(45-55)82-67-43-49(5)65(47-63(67)74(61)59-25-21-19-23-57(59)71(80)84-74)76(9)53-31-27-51(28-32-53)73(7,8)52-29-33-54(34-30-52)77(10)66-48-64-68(44-50(66)6)83-70-46-56(79(41-17-13-3)42-18-14-4)36-38-62(70)75(64)60-26-22-20-24-58(60)72(81)85-75/h19-38,43-48H,11-18,39-42H2,1-10H3. The molecule has 10 nitrogen and oxygen atoms in total. The van der Waals surface area contributed by atoms with Crippen LogP contribution in [0.3, 0.4) is 0 Å². The molecule has 85 heavy (non-hydrogen) atoms. The molecule has 0 fully saturated rings. The van der Waals surface area contributed by atoms with Crippen LogP contribution in [0.2, 0.25) is 0 Å². The Morgan fingerprint density at radius 1 is 0.400 bits per heavy atom. The second-order valence-electron chi connectivity index (χ2n) is 24.3. The fraction of sp³-hybridized carbons (Fsp3) is 0.333. The minimum Gasteiger partial charge on any atom is -0.456 e. The van der Waals surface area contributed by atoms with Gasteiger partial charge in [0.2, 0.25) is 0 Å². The summed E-state index contributed by atoms with van der Waals surface area (Å²) in [5.41, 5.74) is 14.0. The lowest BCUT2D eigenvalue weighted by Gasteiger charge is -2.38. The normalized spacial score (nSPS) is 16.7. The van der Waals surface area contributed by atoms with Gasteiger partial charge < -0.3 is 38.5 Å². The molecule has 4 heterocycles. The second-order valence-corrected chi connectivity index (χ2v) is 24.3. The topological polar surface area (TPSA) is 84.0 Å². The Hall–Kier alpha value is -8.50. The van der Waals surface area contributed by atoms with Gasteiger partial charge in [0.05, 0.1) is 11.1 Å². The molecule has 0 saturated carbocycles. The van der Waals surface area contributed by atoms with Crippen LogP contribution in [0.15, 0.2) is 158 Å². The molecule has 0 amide bonds. The smallest absolute Gasteiger partial charge is 0.340 e. The molecule has 436 valence electrons. The van der Waals surface area contributed by atoms with E-state index in [0.717, 1.165) is 156 Å². The van der Waals surface area contributed by atoms with Gasteiger partial charge >= 0.3 is 11.9 Å². The van der Waals surface area contributed by atoms with Crippen molar-refractivity contribution < 1.29 is 28.5 Å². The molecule has 2 unspecified atom stereocenters. The first kappa shape index (κ1) is 57.0. The van der Waals surface area contributed by atoms with Crippen LogP contribution in [0.1, 0.15) is 169 Å². The van der Waals surface area contributed by atoms with E-state index in [2.05, 4.69) is 198 Å². The number of esters is 2. The third-order valence-corrected chi connectivity index (χ3v) is 18.6. The van der Waals surface area contributed by atoms with Gasteiger partial charge in [0, 0.05) is 125 Å². The minimum absolute atomic E-state index is 0.336. The van der Waals surface area contributed by atoms with E-state index in [4.69, 9.17) is 18.9 Å². The SMILES string of the molecule is CCCCN(CCCC)c1ccc2c(c1)Oc1cc(C)c(N(C)c3ccc(C(C)(C)c4ccc(N(C)c5cc6c(cc5C)Oc5cc(N(CCCC)CCCC)ccc5C65OC(=O)c6ccccc65)cc4)cc3)cc1C21OC(=O)c2ccccc21. The van der Waals surface area contributed by atoms with Crippen LogP contribution in [-0.4, -0.2) is 52.2 Å². The molecule has 8 aromatic carbocycles. The summed E-state index contributed by atoms with van der Waals surface area (Å²) in [6, 6.07) is 54.6. The number of hydrogen-bond acceptors (Lipinski definition) is 10. The van der Waals surface area contributed by atoms with Crippen molar-refractivity contribution in [3.8, 4) is 23.0 Å². The number of anilines is 6. The van der Waals surface area contributed by atoms with Crippen LogP contribution in [0.4, 0.5) is 34.1 Å². The fourth-order valence-corrected chi connectivity index (χ4v) is 13.5. The Balaban J connectivity index is 0.818. The van der Waals surface area contributed by atoms with Crippen molar-refractivity contribution >= 4 is 46.1 Å². The predicted molar refractivity (Wildman–Crippen MR) is 344 cm³/mol. The first-order valence-electron chi connectivity index (χ1n) is 31.0. The highest BCUT2D eigenvalue weighted by atomic mass is 16.6. The molecule has 0 radical (unpaired) electrons. The fourth-order valence-electron chi connectivity index (χ4n) is 13.5. The van der Waals surface area contributed by atoms with Crippen LogP contribution in [0, 0.1) is 13.8 Å². The molecule has 2 atom stereocenters. The van der Waals surface area contributed by atoms with Gasteiger partial charge in [-0.1, -0.05) is 128 Å². The quantitative estimate of drug-likeness (QED) is 0.0688. The van der Waals surface area contributed by atoms with Crippen LogP contribution < -0.4 is 29.1 Å². The molecule has 0 bridgehead atoms. The first-order chi connectivity index (χ1) is 41.2. The van der Waals surface area contributed by atoms with Gasteiger partial charge in [-0.3, -0.25) is 0 Å². The number of unbranched alkanes of at least 4 members (excludes halogenated alkanes) is 4. The van der Waals surface area contributed by atoms with E-state index in [1.54, 1.807) is 0 Å². The molecule has 4 aliphatic rings. The molecule has 2 spiro atoms. The van der Waals surface area contributed by atoms with Crippen molar-refractivity contribution in [2.45, 2.75) is 123 Å². The molecule has 0 saturated heterocycles. The third kappa shape index (κ3) is 9.66. The third-order valence-electron chi connectivity index (χ3n) is 18.6. The van der Waals surface area contributed by atoms with E-state index >= 15 is 0 Å². The molecule has 0 aliphatic carbocycles. The lowest BCUT2D eigenvalue weighted by molar-refractivity contribution is 0.0214. The summed E-state index contributed by atoms with van der Waals surface area (Å²) in [5.74, 6) is 2.10. The zero-order valence-electron chi connectivity index (χ0n) is 51.2. The number of carbonyl (C=O) groups excluding carboxylic acids is 2. The molecule has 4 aliphatic heterocycles. The van der Waals surface area contributed by atoms with Gasteiger partial charge in [-0.05, 0) is 147 Å². The van der Waals surface area contributed by atoms with Gasteiger partial charge in [0.1, 0.15) is 23.0 Å². The van der Waals surface area contributed by atoms with E-state index in [9.17, 15) is 9.59 Å². The van der Waals surface area contributed by atoms with E-state index < -0.39 is 11.2 Å². The largest absolute Gasteiger partial charge is 0.456 e. The number of fused-ring (bicyclic) bond motifs is 12. The van der Waals surface area contributed by atoms with Gasteiger partial charge in [-0.25, -0.2) is 9.59 Å². The maximum atomic E-state index is 13.9. The van der Waals surface area contributed by atoms with Crippen molar-refractivity contribution in [3.05, 3.63) is 224 Å². The number of ether oxygens (including phenoxy) is 4. The van der Waals surface area contributed by atoms with Crippen molar-refractivity contribution in [1.29, 1.82) is 0 Å². The van der Waals surface area contributed by atoms with Gasteiger partial charge in [0.25, 0.3) is 0 Å². The maximum Gasteiger partial charge on any atom is 0.340 e. The van der Waals surface area contributed by atoms with E-state index in [1.807, 2.05) is 48.5 Å². The lowest BCUT2D eigenvalue weighted by Crippen LogP contribution is -2.34. The van der Waals surface area contributed by atoms with E-state index in [-0.39, 0.29) is 17.4 Å². The Morgan fingerprint density at radius 3 is 1.11 bits per heavy atom. The zero-order chi connectivity index (χ0) is 59.4. The molecular formula is C75H80N4O6. The summed E-state index contributed by atoms with van der Waals surface area (Å²) >= 11 is 0. The molecule has 12 rings (SSSR count). The number of nitrogens with zero attached hydrogens (tertiary/aromatic N) is 4. The second kappa shape index (κ2) is 22.8. The molecular weight excluding hydrogens is 1050 g/mol. The number of benzene rings is 8. The molecule has 0 N–H and O–H groups in total. The van der Waals surface area contributed by atoms with Gasteiger partial charge in [-0.15, -0.1) is 0 Å². The lowest BCUT2D eigenvalue weighted by atomic mass is 9.77. The predicted octanol–water partition coefficient (Wildman–Crippen LogP) is 18.1. The summed E-state index contributed by atoms with van der Waals surface area (Å²) in [7, 11) is 4.19. The average Bonchev–Trinajstić information content (AvgIpc) is 1.76. The van der Waals surface area contributed by atoms with E-state index in [1.165, 1.54) is 11.1 Å². The summed E-state index contributed by atoms with van der Waals surface area (Å²) in [6.07, 6.45) is 8.88. The summed E-state index contributed by atoms with van der Waals surface area (Å²) in [4.78, 5) is 37.2.